The van der Waals surface area contributed by atoms with Crippen molar-refractivity contribution in [3.8, 4) is 5.69 Å². The van der Waals surface area contributed by atoms with E-state index in [-0.39, 0.29) is 11.1 Å². The van der Waals surface area contributed by atoms with E-state index in [1.807, 2.05) is 12.3 Å². The van der Waals surface area contributed by atoms with E-state index in [1.165, 1.54) is 4.68 Å². The molecule has 1 N–H and O–H groups in total. The summed E-state index contributed by atoms with van der Waals surface area (Å²) in [7, 11) is 0. The summed E-state index contributed by atoms with van der Waals surface area (Å²) in [6, 6.07) is 6.73. The molecule has 0 spiro atoms. The van der Waals surface area contributed by atoms with Crippen molar-refractivity contribution in [2.24, 2.45) is 0 Å². The molecule has 0 aliphatic carbocycles. The van der Waals surface area contributed by atoms with Crippen LogP contribution < -0.4 is 10.9 Å². The van der Waals surface area contributed by atoms with Gasteiger partial charge in [-0.2, -0.15) is 9.78 Å². The van der Waals surface area contributed by atoms with Crippen LogP contribution in [0.25, 0.3) is 5.69 Å². The minimum atomic E-state index is -0.396. The van der Waals surface area contributed by atoms with Gasteiger partial charge in [0.2, 0.25) is 0 Å². The van der Waals surface area contributed by atoms with E-state index in [9.17, 15) is 4.79 Å². The molecular formula is C18H18Cl2N4OS. The average Bonchev–Trinajstić information content (AvgIpc) is 3.11. The molecule has 0 amide bonds. The molecule has 3 aromatic rings. The van der Waals surface area contributed by atoms with E-state index >= 15 is 0 Å². The van der Waals surface area contributed by atoms with Crippen molar-refractivity contribution in [2.75, 3.05) is 5.32 Å². The number of thiazole rings is 1. The third-order valence-corrected chi connectivity index (χ3v) is 5.62. The summed E-state index contributed by atoms with van der Waals surface area (Å²) in [5.74, 6) is 0.384. The smallest absolute Gasteiger partial charge is 0.292 e. The number of hydrogen-bond acceptors (Lipinski definition) is 5. The molecule has 0 saturated carbocycles. The van der Waals surface area contributed by atoms with Crippen LogP contribution in [0.5, 0.6) is 0 Å². The highest BCUT2D eigenvalue weighted by molar-refractivity contribution is 7.09. The van der Waals surface area contributed by atoms with Gasteiger partial charge in [-0.25, -0.2) is 4.98 Å². The van der Waals surface area contributed by atoms with Gasteiger partial charge in [0.1, 0.15) is 5.02 Å². The fraction of sp³-hybridized carbons (Fsp3) is 0.278. The largest absolute Gasteiger partial charge is 0.374 e. The molecule has 1 aromatic carbocycles. The first-order chi connectivity index (χ1) is 12.4. The van der Waals surface area contributed by atoms with Gasteiger partial charge in [-0.05, 0) is 31.2 Å². The summed E-state index contributed by atoms with van der Waals surface area (Å²) in [4.78, 5) is 17.2. The molecule has 0 aliphatic heterocycles. The van der Waals surface area contributed by atoms with Gasteiger partial charge in [0.05, 0.1) is 34.3 Å². The molecule has 136 valence electrons. The molecule has 0 saturated heterocycles. The lowest BCUT2D eigenvalue weighted by molar-refractivity contribution is 0.785. The van der Waals surface area contributed by atoms with Crippen LogP contribution in [0.4, 0.5) is 5.69 Å². The van der Waals surface area contributed by atoms with Gasteiger partial charge in [-0.3, -0.25) is 4.79 Å². The van der Waals surface area contributed by atoms with Crippen molar-refractivity contribution >= 4 is 40.2 Å². The molecule has 2 heterocycles. The Labute approximate surface area is 165 Å². The maximum atomic E-state index is 12.6. The SMILES string of the molecule is CC(C)c1nc(C(C)Nc2cnn(-c3ccc(Cl)cc3)c(=O)c2Cl)cs1. The molecule has 0 radical (unpaired) electrons. The van der Waals surface area contributed by atoms with Crippen molar-refractivity contribution < 1.29 is 0 Å². The van der Waals surface area contributed by atoms with Gasteiger partial charge in [0.15, 0.2) is 0 Å². The number of nitrogens with zero attached hydrogens (tertiary/aromatic N) is 3. The van der Waals surface area contributed by atoms with E-state index in [0.717, 1.165) is 10.7 Å². The van der Waals surface area contributed by atoms with Crippen LogP contribution in [0.15, 0.2) is 40.6 Å². The zero-order valence-corrected chi connectivity index (χ0v) is 16.9. The molecule has 1 atom stereocenters. The molecular weight excluding hydrogens is 391 g/mol. The van der Waals surface area contributed by atoms with Gasteiger partial charge in [0.25, 0.3) is 5.56 Å². The Bertz CT molecular complexity index is 966. The monoisotopic (exact) mass is 408 g/mol. The summed E-state index contributed by atoms with van der Waals surface area (Å²) >= 11 is 13.8. The second kappa shape index (κ2) is 7.78. The minimum Gasteiger partial charge on any atom is -0.374 e. The molecule has 0 bridgehead atoms. The summed E-state index contributed by atoms with van der Waals surface area (Å²) in [6.07, 6.45) is 1.55. The highest BCUT2D eigenvalue weighted by Crippen LogP contribution is 2.26. The zero-order valence-electron chi connectivity index (χ0n) is 14.5. The lowest BCUT2D eigenvalue weighted by Crippen LogP contribution is -2.23. The standard InChI is InChI=1S/C18H18Cl2N4OS/c1-10(2)17-23-15(9-26-17)11(3)22-14-8-21-24(18(25)16(14)20)13-6-4-12(19)5-7-13/h4-11,22H,1-3H3. The van der Waals surface area contributed by atoms with Crippen LogP contribution in [0.1, 0.15) is 43.4 Å². The van der Waals surface area contributed by atoms with Crippen molar-refractivity contribution in [3.05, 3.63) is 66.9 Å². The summed E-state index contributed by atoms with van der Waals surface area (Å²) in [5, 5.41) is 11.2. The number of nitrogens with one attached hydrogen (secondary N) is 1. The van der Waals surface area contributed by atoms with Gasteiger partial charge in [-0.1, -0.05) is 37.0 Å². The Morgan fingerprint density at radius 2 is 1.85 bits per heavy atom. The van der Waals surface area contributed by atoms with Crippen molar-refractivity contribution in [2.45, 2.75) is 32.7 Å². The van der Waals surface area contributed by atoms with Crippen LogP contribution in [0.2, 0.25) is 10.0 Å². The lowest BCUT2D eigenvalue weighted by atomic mass is 10.2. The van der Waals surface area contributed by atoms with Crippen molar-refractivity contribution in [1.29, 1.82) is 0 Å². The van der Waals surface area contributed by atoms with Gasteiger partial charge in [0, 0.05) is 16.3 Å². The van der Waals surface area contributed by atoms with Crippen LogP contribution in [0.3, 0.4) is 0 Å². The maximum absolute atomic E-state index is 12.6. The molecule has 5 nitrogen and oxygen atoms in total. The summed E-state index contributed by atoms with van der Waals surface area (Å²) in [6.45, 7) is 6.19. The number of aromatic nitrogens is 3. The van der Waals surface area contributed by atoms with E-state index < -0.39 is 5.56 Å². The first-order valence-corrected chi connectivity index (χ1v) is 9.76. The number of hydrogen-bond donors (Lipinski definition) is 1. The number of benzene rings is 1. The first kappa shape index (κ1) is 18.9. The molecule has 3 rings (SSSR count). The molecule has 1 unspecified atom stereocenters. The predicted molar refractivity (Wildman–Crippen MR) is 108 cm³/mol. The third-order valence-electron chi connectivity index (χ3n) is 3.84. The normalized spacial score (nSPS) is 12.4. The van der Waals surface area contributed by atoms with Gasteiger partial charge in [-0.15, -0.1) is 11.3 Å². The topological polar surface area (TPSA) is 59.8 Å². The number of anilines is 1. The highest BCUT2D eigenvalue weighted by Gasteiger charge is 2.16. The summed E-state index contributed by atoms with van der Waals surface area (Å²) in [5.41, 5.74) is 1.60. The molecule has 2 aromatic heterocycles. The van der Waals surface area contributed by atoms with Gasteiger partial charge >= 0.3 is 0 Å². The van der Waals surface area contributed by atoms with E-state index in [0.29, 0.717) is 22.3 Å². The Hall–Kier alpha value is -1.89. The van der Waals surface area contributed by atoms with Crippen LogP contribution in [-0.2, 0) is 0 Å². The highest BCUT2D eigenvalue weighted by atomic mass is 35.5. The second-order valence-corrected chi connectivity index (χ2v) is 7.90. The average molecular weight is 409 g/mol. The lowest BCUT2D eigenvalue weighted by Gasteiger charge is -2.15. The molecule has 26 heavy (non-hydrogen) atoms. The zero-order chi connectivity index (χ0) is 18.8. The minimum absolute atomic E-state index is 0.0844. The number of rotatable bonds is 5. The summed E-state index contributed by atoms with van der Waals surface area (Å²) < 4.78 is 1.24. The Morgan fingerprint density at radius 3 is 2.46 bits per heavy atom. The molecule has 8 heteroatoms. The van der Waals surface area contributed by atoms with Gasteiger partial charge < -0.3 is 5.32 Å². The molecule has 0 aliphatic rings. The van der Waals surface area contributed by atoms with Crippen LogP contribution >= 0.6 is 34.5 Å². The van der Waals surface area contributed by atoms with Crippen LogP contribution in [0, 0.1) is 0 Å². The van der Waals surface area contributed by atoms with E-state index in [2.05, 4.69) is 29.2 Å². The number of halogens is 2. The quantitative estimate of drug-likeness (QED) is 0.622. The van der Waals surface area contributed by atoms with Crippen molar-refractivity contribution in [1.82, 2.24) is 14.8 Å². The Balaban J connectivity index is 1.86. The third kappa shape index (κ3) is 3.92. The van der Waals surface area contributed by atoms with E-state index in [1.54, 1.807) is 41.8 Å². The van der Waals surface area contributed by atoms with E-state index in [4.69, 9.17) is 23.2 Å². The molecule has 0 fully saturated rings. The van der Waals surface area contributed by atoms with Crippen LogP contribution in [-0.4, -0.2) is 14.8 Å². The Kier molecular flexibility index (Phi) is 5.65. The predicted octanol–water partition coefficient (Wildman–Crippen LogP) is 5.29. The first-order valence-electron chi connectivity index (χ1n) is 8.12. The van der Waals surface area contributed by atoms with Crippen molar-refractivity contribution in [3.63, 3.8) is 0 Å². The Morgan fingerprint density at radius 1 is 1.15 bits per heavy atom. The second-order valence-electron chi connectivity index (χ2n) is 6.20. The maximum Gasteiger partial charge on any atom is 0.292 e. The fourth-order valence-electron chi connectivity index (χ4n) is 2.37. The fourth-order valence-corrected chi connectivity index (χ4v) is 3.61.